The lowest BCUT2D eigenvalue weighted by atomic mass is 9.87. The van der Waals surface area contributed by atoms with Gasteiger partial charge in [-0.15, -0.1) is 23.7 Å². The number of amides is 1. The molecule has 5 nitrogen and oxygen atoms in total. The Morgan fingerprint density at radius 3 is 3.00 bits per heavy atom. The first-order valence-electron chi connectivity index (χ1n) is 9.04. The van der Waals surface area contributed by atoms with E-state index in [4.69, 9.17) is 5.73 Å². The summed E-state index contributed by atoms with van der Waals surface area (Å²) in [6.45, 7) is 4.18. The van der Waals surface area contributed by atoms with Crippen molar-refractivity contribution in [3.8, 4) is 0 Å². The van der Waals surface area contributed by atoms with E-state index in [2.05, 4.69) is 29.1 Å². The van der Waals surface area contributed by atoms with Crippen LogP contribution >= 0.6 is 35.5 Å². The maximum absolute atomic E-state index is 12.6. The Morgan fingerprint density at radius 2 is 2.18 bits per heavy atom. The number of aryl methyl sites for hydroxylation is 3. The van der Waals surface area contributed by atoms with Gasteiger partial charge in [0.2, 0.25) is 5.91 Å². The highest BCUT2D eigenvalue weighted by Crippen LogP contribution is 2.35. The van der Waals surface area contributed by atoms with Crippen LogP contribution in [0.15, 0.2) is 29.6 Å². The standard InChI is InChI=1S/C20H22N4OS2.ClH/c1-11-12(2)27-20-18(11)19(22-10-23-20)26-9-17(25)24-16-5-3-4-13-8-14(21)6-7-15(13)16;/h6-8,10,16H,3-5,9,21H2,1-2H3,(H,24,25);1H. The normalized spacial score (nSPS) is 15.7. The van der Waals surface area contributed by atoms with Gasteiger partial charge in [0.1, 0.15) is 16.2 Å². The van der Waals surface area contributed by atoms with Gasteiger partial charge in [-0.2, -0.15) is 0 Å². The van der Waals surface area contributed by atoms with Crippen LogP contribution in [0, 0.1) is 13.8 Å². The number of carbonyl (C=O) groups excluding carboxylic acids is 1. The third-order valence-corrected chi connectivity index (χ3v) is 7.19. The molecule has 0 spiro atoms. The minimum atomic E-state index is 0. The molecular weight excluding hydrogens is 412 g/mol. The van der Waals surface area contributed by atoms with Gasteiger partial charge in [0.25, 0.3) is 0 Å². The molecule has 1 aromatic carbocycles. The van der Waals surface area contributed by atoms with Crippen LogP contribution < -0.4 is 11.1 Å². The molecule has 0 aliphatic heterocycles. The third-order valence-electron chi connectivity index (χ3n) is 5.09. The highest BCUT2D eigenvalue weighted by atomic mass is 35.5. The molecule has 0 bridgehead atoms. The van der Waals surface area contributed by atoms with Crippen LogP contribution in [0.3, 0.4) is 0 Å². The van der Waals surface area contributed by atoms with E-state index in [1.54, 1.807) is 17.7 Å². The molecule has 0 radical (unpaired) electrons. The molecule has 0 saturated heterocycles. The molecule has 8 heteroatoms. The van der Waals surface area contributed by atoms with Gasteiger partial charge in [-0.25, -0.2) is 9.97 Å². The second-order valence-electron chi connectivity index (χ2n) is 6.90. The van der Waals surface area contributed by atoms with Crippen molar-refractivity contribution < 1.29 is 4.79 Å². The number of hydrogen-bond donors (Lipinski definition) is 2. The van der Waals surface area contributed by atoms with E-state index in [1.807, 2.05) is 18.2 Å². The number of hydrogen-bond acceptors (Lipinski definition) is 6. The maximum atomic E-state index is 12.6. The zero-order valence-electron chi connectivity index (χ0n) is 15.8. The molecule has 28 heavy (non-hydrogen) atoms. The number of nitrogens with zero attached hydrogens (tertiary/aromatic N) is 2. The Balaban J connectivity index is 0.00000225. The fourth-order valence-electron chi connectivity index (χ4n) is 3.61. The molecule has 1 aliphatic carbocycles. The summed E-state index contributed by atoms with van der Waals surface area (Å²) in [5.74, 6) is 0.382. The molecule has 3 aromatic rings. The van der Waals surface area contributed by atoms with Crippen molar-refractivity contribution in [3.63, 3.8) is 0 Å². The van der Waals surface area contributed by atoms with Crippen LogP contribution in [0.1, 0.15) is 40.5 Å². The van der Waals surface area contributed by atoms with E-state index in [9.17, 15) is 4.79 Å². The number of nitrogens with one attached hydrogen (secondary N) is 1. The van der Waals surface area contributed by atoms with Crippen molar-refractivity contribution in [2.45, 2.75) is 44.2 Å². The summed E-state index contributed by atoms with van der Waals surface area (Å²) in [4.78, 5) is 23.6. The van der Waals surface area contributed by atoms with Crippen molar-refractivity contribution in [2.75, 3.05) is 11.5 Å². The number of nitrogen functional groups attached to an aromatic ring is 1. The smallest absolute Gasteiger partial charge is 0.230 e. The predicted octanol–water partition coefficient (Wildman–Crippen LogP) is 4.60. The molecule has 4 rings (SSSR count). The zero-order chi connectivity index (χ0) is 19.0. The molecule has 2 heterocycles. The Morgan fingerprint density at radius 1 is 1.36 bits per heavy atom. The van der Waals surface area contributed by atoms with Crippen LogP contribution in [0.2, 0.25) is 0 Å². The molecule has 1 atom stereocenters. The Bertz CT molecular complexity index is 1020. The number of nitrogens with two attached hydrogens (primary N) is 1. The number of thioether (sulfide) groups is 1. The number of carbonyl (C=O) groups is 1. The maximum Gasteiger partial charge on any atom is 0.230 e. The van der Waals surface area contributed by atoms with Gasteiger partial charge < -0.3 is 11.1 Å². The lowest BCUT2D eigenvalue weighted by molar-refractivity contribution is -0.119. The van der Waals surface area contributed by atoms with E-state index in [-0.39, 0.29) is 24.4 Å². The molecule has 1 amide bonds. The van der Waals surface area contributed by atoms with E-state index in [1.165, 1.54) is 33.3 Å². The van der Waals surface area contributed by atoms with Gasteiger partial charge in [-0.05, 0) is 61.9 Å². The van der Waals surface area contributed by atoms with Crippen LogP contribution in [-0.2, 0) is 11.2 Å². The topological polar surface area (TPSA) is 80.9 Å². The number of benzene rings is 1. The zero-order valence-corrected chi connectivity index (χ0v) is 18.3. The monoisotopic (exact) mass is 434 g/mol. The van der Waals surface area contributed by atoms with E-state index in [0.29, 0.717) is 5.75 Å². The number of thiophene rings is 1. The van der Waals surface area contributed by atoms with Crippen LogP contribution in [0.4, 0.5) is 5.69 Å². The number of aromatic nitrogens is 2. The van der Waals surface area contributed by atoms with Crippen LogP contribution in [0.25, 0.3) is 10.2 Å². The first-order valence-corrected chi connectivity index (χ1v) is 10.8. The summed E-state index contributed by atoms with van der Waals surface area (Å²) in [5, 5.41) is 5.15. The second-order valence-corrected chi connectivity index (χ2v) is 9.07. The van der Waals surface area contributed by atoms with Crippen molar-refractivity contribution in [1.82, 2.24) is 15.3 Å². The number of halogens is 1. The lowest BCUT2D eigenvalue weighted by Crippen LogP contribution is -2.32. The average molecular weight is 435 g/mol. The van der Waals surface area contributed by atoms with Gasteiger partial charge in [-0.1, -0.05) is 17.8 Å². The Hall–Kier alpha value is -1.83. The third kappa shape index (κ3) is 4.11. The molecule has 1 aliphatic rings. The Labute approximate surface area is 178 Å². The largest absolute Gasteiger partial charge is 0.399 e. The SMILES string of the molecule is Cc1sc2ncnc(SCC(=O)NC3CCCc4cc(N)ccc43)c2c1C.Cl. The Kier molecular flexibility index (Phi) is 6.47. The van der Waals surface area contributed by atoms with E-state index in [0.717, 1.165) is 40.2 Å². The minimum absolute atomic E-state index is 0. The fourth-order valence-corrected chi connectivity index (χ4v) is 5.54. The first-order chi connectivity index (χ1) is 13.0. The minimum Gasteiger partial charge on any atom is -0.399 e. The number of fused-ring (bicyclic) bond motifs is 2. The average Bonchev–Trinajstić information content (AvgIpc) is 2.94. The number of rotatable bonds is 4. The van der Waals surface area contributed by atoms with Gasteiger partial charge in [-0.3, -0.25) is 4.79 Å². The highest BCUT2D eigenvalue weighted by Gasteiger charge is 2.22. The van der Waals surface area contributed by atoms with Crippen molar-refractivity contribution in [1.29, 1.82) is 0 Å². The summed E-state index contributed by atoms with van der Waals surface area (Å²) in [6.07, 6.45) is 4.64. The second kappa shape index (κ2) is 8.68. The van der Waals surface area contributed by atoms with Gasteiger partial charge in [0, 0.05) is 16.0 Å². The molecule has 2 aromatic heterocycles. The molecule has 148 valence electrons. The van der Waals surface area contributed by atoms with E-state index >= 15 is 0 Å². The predicted molar refractivity (Wildman–Crippen MR) is 120 cm³/mol. The molecule has 0 fully saturated rings. The number of anilines is 1. The molecule has 1 unspecified atom stereocenters. The van der Waals surface area contributed by atoms with Gasteiger partial charge in [0.05, 0.1) is 11.8 Å². The summed E-state index contributed by atoms with van der Waals surface area (Å²) >= 11 is 3.16. The summed E-state index contributed by atoms with van der Waals surface area (Å²) in [6, 6.07) is 6.06. The van der Waals surface area contributed by atoms with Crippen LogP contribution in [-0.4, -0.2) is 21.6 Å². The molecular formula is C20H23ClN4OS2. The highest BCUT2D eigenvalue weighted by molar-refractivity contribution is 8.00. The first kappa shape index (κ1) is 20.9. The van der Waals surface area contributed by atoms with Gasteiger partial charge in [0.15, 0.2) is 0 Å². The summed E-state index contributed by atoms with van der Waals surface area (Å²) in [5.41, 5.74) is 10.3. The molecule has 3 N–H and O–H groups in total. The van der Waals surface area contributed by atoms with Crippen LogP contribution in [0.5, 0.6) is 0 Å². The summed E-state index contributed by atoms with van der Waals surface area (Å²) < 4.78 is 0. The quantitative estimate of drug-likeness (QED) is 0.356. The molecule has 0 saturated carbocycles. The van der Waals surface area contributed by atoms with Crippen molar-refractivity contribution in [2.24, 2.45) is 0 Å². The van der Waals surface area contributed by atoms with Crippen molar-refractivity contribution >= 4 is 57.3 Å². The van der Waals surface area contributed by atoms with Gasteiger partial charge >= 0.3 is 0 Å². The fraction of sp³-hybridized carbons (Fsp3) is 0.350. The van der Waals surface area contributed by atoms with E-state index < -0.39 is 0 Å². The lowest BCUT2D eigenvalue weighted by Gasteiger charge is -2.26. The van der Waals surface area contributed by atoms with Crippen molar-refractivity contribution in [3.05, 3.63) is 46.1 Å². The summed E-state index contributed by atoms with van der Waals surface area (Å²) in [7, 11) is 0.